The molecule has 0 spiro atoms. The molecule has 1 rings (SSSR count). The summed E-state index contributed by atoms with van der Waals surface area (Å²) in [5, 5.41) is 0. The summed E-state index contributed by atoms with van der Waals surface area (Å²) < 4.78 is 12.1. The summed E-state index contributed by atoms with van der Waals surface area (Å²) in [6, 6.07) is 0. The monoisotopic (exact) mass is 340 g/mol. The van der Waals surface area contributed by atoms with Gasteiger partial charge in [0.25, 0.3) is 0 Å². The number of carbonyl (C=O) groups excluding carboxylic acids is 1. The molecule has 1 fully saturated rings. The van der Waals surface area contributed by atoms with Crippen molar-refractivity contribution in [2.24, 2.45) is 16.2 Å². The fraction of sp³-hybridized carbons (Fsp3) is 0.952. The van der Waals surface area contributed by atoms with Crippen LogP contribution in [-0.2, 0) is 14.3 Å². The smallest absolute Gasteiger partial charge is 0.314 e. The first kappa shape index (κ1) is 21.5. The molecule has 3 heteroatoms. The average molecular weight is 341 g/mol. The van der Waals surface area contributed by atoms with E-state index in [2.05, 4.69) is 41.5 Å². The van der Waals surface area contributed by atoms with Crippen LogP contribution in [0.25, 0.3) is 0 Å². The second-order valence-corrected chi connectivity index (χ2v) is 10.5. The average Bonchev–Trinajstić information content (AvgIpc) is 2.35. The predicted octanol–water partition coefficient (Wildman–Crippen LogP) is 6.10. The van der Waals surface area contributed by atoms with Crippen LogP contribution in [0.4, 0.5) is 0 Å². The van der Waals surface area contributed by atoms with E-state index in [1.54, 1.807) is 0 Å². The molecule has 0 aromatic carbocycles. The maximum absolute atomic E-state index is 13.1. The van der Waals surface area contributed by atoms with Crippen LogP contribution in [0.15, 0.2) is 0 Å². The lowest BCUT2D eigenvalue weighted by Gasteiger charge is -2.45. The van der Waals surface area contributed by atoms with Crippen LogP contribution in [0.1, 0.15) is 101 Å². The summed E-state index contributed by atoms with van der Waals surface area (Å²) in [6.07, 6.45) is 6.83. The molecule has 0 aromatic rings. The van der Waals surface area contributed by atoms with Crippen molar-refractivity contribution in [3.8, 4) is 0 Å². The van der Waals surface area contributed by atoms with E-state index >= 15 is 0 Å². The van der Waals surface area contributed by atoms with Gasteiger partial charge in [-0.3, -0.25) is 4.79 Å². The normalized spacial score (nSPS) is 20.5. The Kier molecular flexibility index (Phi) is 6.58. The van der Waals surface area contributed by atoms with Gasteiger partial charge in [0.2, 0.25) is 5.79 Å². The van der Waals surface area contributed by atoms with E-state index in [1.165, 1.54) is 19.3 Å². The number of hydrogen-bond donors (Lipinski definition) is 0. The molecule has 0 radical (unpaired) electrons. The van der Waals surface area contributed by atoms with Gasteiger partial charge in [0.15, 0.2) is 0 Å². The molecule has 1 aliphatic carbocycles. The fourth-order valence-corrected chi connectivity index (χ4v) is 3.65. The van der Waals surface area contributed by atoms with Gasteiger partial charge in [-0.15, -0.1) is 0 Å². The molecule has 0 heterocycles. The third-order valence-corrected chi connectivity index (χ3v) is 5.33. The molecule has 142 valence electrons. The molecule has 24 heavy (non-hydrogen) atoms. The molecule has 1 unspecified atom stereocenters. The van der Waals surface area contributed by atoms with Gasteiger partial charge in [-0.05, 0) is 37.0 Å². The molecule has 1 atom stereocenters. The molecule has 0 saturated heterocycles. The molecular weight excluding hydrogens is 300 g/mol. The van der Waals surface area contributed by atoms with E-state index in [0.717, 1.165) is 19.3 Å². The van der Waals surface area contributed by atoms with Crippen LogP contribution in [0.2, 0.25) is 0 Å². The second-order valence-electron chi connectivity index (χ2n) is 10.5. The highest BCUT2D eigenvalue weighted by Crippen LogP contribution is 2.48. The Labute approximate surface area is 149 Å². The number of hydrogen-bond acceptors (Lipinski definition) is 3. The first-order chi connectivity index (χ1) is 10.7. The quantitative estimate of drug-likeness (QED) is 0.448. The van der Waals surface area contributed by atoms with E-state index < -0.39 is 11.2 Å². The van der Waals surface area contributed by atoms with Crippen molar-refractivity contribution in [2.45, 2.75) is 113 Å². The van der Waals surface area contributed by atoms with Crippen LogP contribution in [0.3, 0.4) is 0 Å². The largest absolute Gasteiger partial charge is 0.433 e. The summed E-state index contributed by atoms with van der Waals surface area (Å²) in [5.74, 6) is -1.02. The Morgan fingerprint density at radius 3 is 1.79 bits per heavy atom. The van der Waals surface area contributed by atoms with Crippen molar-refractivity contribution in [1.29, 1.82) is 0 Å². The molecule has 0 N–H and O–H groups in total. The van der Waals surface area contributed by atoms with Crippen LogP contribution < -0.4 is 0 Å². The van der Waals surface area contributed by atoms with Crippen molar-refractivity contribution in [1.82, 2.24) is 0 Å². The number of ether oxygens (including phenoxy) is 2. The predicted molar refractivity (Wildman–Crippen MR) is 99.8 cm³/mol. The lowest BCUT2D eigenvalue weighted by molar-refractivity contribution is -0.247. The molecule has 1 aliphatic rings. The highest BCUT2D eigenvalue weighted by atomic mass is 16.7. The van der Waals surface area contributed by atoms with Crippen LogP contribution in [-0.4, -0.2) is 17.9 Å². The SMILES string of the molecule is CC(C)(C)CC(C)(C(=O)OC(C)(C)OC1CCCCC1)C(C)(C)C. The van der Waals surface area contributed by atoms with Gasteiger partial charge >= 0.3 is 5.97 Å². The summed E-state index contributed by atoms with van der Waals surface area (Å²) >= 11 is 0. The molecule has 3 nitrogen and oxygen atoms in total. The molecule has 0 aromatic heterocycles. The standard InChI is InChI=1S/C21H40O3/c1-18(2,3)15-21(9,19(4,5)6)17(22)24-20(7,8)23-16-13-11-10-12-14-16/h16H,10-15H2,1-9H3. The Balaban J connectivity index is 2.86. The van der Waals surface area contributed by atoms with Crippen LogP contribution in [0.5, 0.6) is 0 Å². The summed E-state index contributed by atoms with van der Waals surface area (Å²) in [7, 11) is 0. The highest BCUT2D eigenvalue weighted by molar-refractivity contribution is 5.77. The Morgan fingerprint density at radius 2 is 1.38 bits per heavy atom. The second kappa shape index (κ2) is 7.35. The lowest BCUT2D eigenvalue weighted by Crippen LogP contribution is -2.48. The van der Waals surface area contributed by atoms with E-state index in [1.807, 2.05) is 20.8 Å². The molecule has 0 amide bonds. The molecule has 0 aliphatic heterocycles. The van der Waals surface area contributed by atoms with Gasteiger partial charge in [0.1, 0.15) is 0 Å². The van der Waals surface area contributed by atoms with Gasteiger partial charge in [-0.2, -0.15) is 0 Å². The van der Waals surface area contributed by atoms with Gasteiger partial charge in [0.05, 0.1) is 11.5 Å². The number of esters is 1. The Morgan fingerprint density at radius 1 is 0.875 bits per heavy atom. The molecule has 0 bridgehead atoms. The van der Waals surface area contributed by atoms with Crippen LogP contribution >= 0.6 is 0 Å². The topological polar surface area (TPSA) is 35.5 Å². The van der Waals surface area contributed by atoms with Crippen molar-refractivity contribution < 1.29 is 14.3 Å². The molecular formula is C21H40O3. The van der Waals surface area contributed by atoms with Gasteiger partial charge in [0, 0.05) is 13.8 Å². The number of rotatable bonds is 5. The van der Waals surface area contributed by atoms with Gasteiger partial charge in [-0.1, -0.05) is 60.8 Å². The summed E-state index contributed by atoms with van der Waals surface area (Å²) in [4.78, 5) is 13.1. The first-order valence-corrected chi connectivity index (χ1v) is 9.58. The summed E-state index contributed by atoms with van der Waals surface area (Å²) in [5.41, 5.74) is -0.688. The molecule has 1 saturated carbocycles. The maximum Gasteiger partial charge on any atom is 0.314 e. The van der Waals surface area contributed by atoms with Crippen molar-refractivity contribution in [2.75, 3.05) is 0 Å². The highest BCUT2D eigenvalue weighted by Gasteiger charge is 2.49. The van der Waals surface area contributed by atoms with E-state index in [0.29, 0.717) is 0 Å². The van der Waals surface area contributed by atoms with E-state index in [4.69, 9.17) is 9.47 Å². The Hall–Kier alpha value is -0.570. The minimum atomic E-state index is -0.872. The van der Waals surface area contributed by atoms with Crippen molar-refractivity contribution in [3.63, 3.8) is 0 Å². The fourth-order valence-electron chi connectivity index (χ4n) is 3.65. The minimum Gasteiger partial charge on any atom is -0.433 e. The van der Waals surface area contributed by atoms with Gasteiger partial charge < -0.3 is 9.47 Å². The zero-order valence-corrected chi connectivity index (χ0v) is 17.5. The zero-order chi connectivity index (χ0) is 18.8. The minimum absolute atomic E-state index is 0.0510. The lowest BCUT2D eigenvalue weighted by atomic mass is 9.61. The number of carbonyl (C=O) groups is 1. The van der Waals surface area contributed by atoms with E-state index in [9.17, 15) is 4.79 Å². The van der Waals surface area contributed by atoms with Crippen LogP contribution in [0, 0.1) is 16.2 Å². The zero-order valence-electron chi connectivity index (χ0n) is 17.5. The summed E-state index contributed by atoms with van der Waals surface area (Å²) in [6.45, 7) is 18.7. The maximum atomic E-state index is 13.1. The van der Waals surface area contributed by atoms with Crippen molar-refractivity contribution >= 4 is 5.97 Å². The van der Waals surface area contributed by atoms with Gasteiger partial charge in [-0.25, -0.2) is 0 Å². The first-order valence-electron chi connectivity index (χ1n) is 9.58. The third kappa shape index (κ3) is 6.06. The Bertz CT molecular complexity index is 419. The van der Waals surface area contributed by atoms with E-state index in [-0.39, 0.29) is 22.9 Å². The van der Waals surface area contributed by atoms with Crippen molar-refractivity contribution in [3.05, 3.63) is 0 Å². The third-order valence-electron chi connectivity index (χ3n) is 5.33.